The van der Waals surface area contributed by atoms with Gasteiger partial charge in [0.05, 0.1) is 11.4 Å². The summed E-state index contributed by atoms with van der Waals surface area (Å²) in [4.78, 5) is 7.95. The normalized spacial score (nSPS) is 13.9. The van der Waals surface area contributed by atoms with E-state index in [9.17, 15) is 0 Å². The van der Waals surface area contributed by atoms with Crippen LogP contribution in [0.25, 0.3) is 0 Å². The van der Waals surface area contributed by atoms with Gasteiger partial charge in [-0.1, -0.05) is 0 Å². The Bertz CT molecular complexity index is 342. The number of nitrogens with zero attached hydrogens (tertiary/aromatic N) is 4. The quantitative estimate of drug-likeness (QED) is 0.253. The molecule has 0 aliphatic carbocycles. The van der Waals surface area contributed by atoms with Gasteiger partial charge in [-0.15, -0.1) is 0 Å². The zero-order valence-electron chi connectivity index (χ0n) is 11.3. The molecule has 0 fully saturated rings. The van der Waals surface area contributed by atoms with Gasteiger partial charge in [-0.25, -0.2) is 0 Å². The molecular formula is C10H18CuN6S2. The van der Waals surface area contributed by atoms with E-state index in [4.69, 9.17) is 25.3 Å². The van der Waals surface area contributed by atoms with Crippen molar-refractivity contribution in [1.82, 2.24) is 10.9 Å². The smallest absolute Gasteiger partial charge is 0.741 e. The summed E-state index contributed by atoms with van der Waals surface area (Å²) in [5, 5.41) is 8.82. The summed E-state index contributed by atoms with van der Waals surface area (Å²) in [5.74, 6) is 0. The van der Waals surface area contributed by atoms with Crippen LogP contribution in [-0.2, 0) is 42.3 Å². The Morgan fingerprint density at radius 3 is 1.42 bits per heavy atom. The van der Waals surface area contributed by atoms with Gasteiger partial charge in [-0.2, -0.15) is 10.2 Å². The molecule has 0 aliphatic heterocycles. The van der Waals surface area contributed by atoms with Crippen LogP contribution in [0.4, 0.5) is 0 Å². The van der Waals surface area contributed by atoms with Gasteiger partial charge in [0.15, 0.2) is 0 Å². The van der Waals surface area contributed by atoms with Gasteiger partial charge in [0, 0.05) is 13.1 Å². The topological polar surface area (TPSA) is 73.5 Å². The molecule has 0 bridgehead atoms. The van der Waals surface area contributed by atoms with Crippen LogP contribution >= 0.6 is 0 Å². The van der Waals surface area contributed by atoms with Crippen LogP contribution in [0.3, 0.4) is 0 Å². The Balaban J connectivity index is 0. The van der Waals surface area contributed by atoms with Crippen LogP contribution in [-0.4, -0.2) is 34.8 Å². The van der Waals surface area contributed by atoms with E-state index in [0.29, 0.717) is 34.8 Å². The first-order valence-electron chi connectivity index (χ1n) is 5.55. The molecule has 111 valence electrons. The van der Waals surface area contributed by atoms with Crippen molar-refractivity contribution in [1.29, 1.82) is 0 Å². The third-order valence-electron chi connectivity index (χ3n) is 1.77. The molecule has 0 amide bonds. The first kappa shape index (κ1) is 20.6. The molecule has 0 saturated carbocycles. The molecule has 0 saturated heterocycles. The molecule has 0 aromatic heterocycles. The number of hydrogen-bond acceptors (Lipinski definition) is 6. The Morgan fingerprint density at radius 2 is 1.16 bits per heavy atom. The van der Waals surface area contributed by atoms with Crippen molar-refractivity contribution in [2.45, 2.75) is 27.7 Å². The molecule has 1 radical (unpaired) electrons. The van der Waals surface area contributed by atoms with Gasteiger partial charge in [0.1, 0.15) is 0 Å². The molecule has 0 spiro atoms. The Hall–Kier alpha value is -0.761. The van der Waals surface area contributed by atoms with Crippen molar-refractivity contribution in [3.63, 3.8) is 0 Å². The monoisotopic (exact) mass is 349 g/mol. The largest absolute Gasteiger partial charge is 2.00 e. The number of hydrazone groups is 2. The molecule has 0 atom stereocenters. The Morgan fingerprint density at radius 1 is 0.842 bits per heavy atom. The second-order valence-corrected chi connectivity index (χ2v) is 3.95. The number of aliphatic imine (C=N–C) groups is 2. The van der Waals surface area contributed by atoms with E-state index in [1.54, 1.807) is 0 Å². The van der Waals surface area contributed by atoms with Gasteiger partial charge >= 0.3 is 17.1 Å². The molecule has 19 heavy (non-hydrogen) atoms. The fraction of sp³-hybridized carbons (Fsp3) is 0.600. The van der Waals surface area contributed by atoms with Crippen LogP contribution in [0.1, 0.15) is 27.7 Å². The van der Waals surface area contributed by atoms with E-state index < -0.39 is 0 Å². The van der Waals surface area contributed by atoms with Crippen molar-refractivity contribution in [2.75, 3.05) is 13.1 Å². The van der Waals surface area contributed by atoms with E-state index in [-0.39, 0.29) is 17.1 Å². The van der Waals surface area contributed by atoms with E-state index in [2.05, 4.69) is 31.0 Å². The van der Waals surface area contributed by atoms with E-state index in [1.165, 1.54) is 0 Å². The molecule has 9 heteroatoms. The zero-order chi connectivity index (χ0) is 14.0. The first-order valence-corrected chi connectivity index (χ1v) is 6.36. The van der Waals surface area contributed by atoms with Crippen molar-refractivity contribution in [3.8, 4) is 0 Å². The summed E-state index contributed by atoms with van der Waals surface area (Å²) >= 11 is 9.85. The summed E-state index contributed by atoms with van der Waals surface area (Å²) in [5.41, 5.74) is 6.71. The number of amidine groups is 2. The Kier molecular flexibility index (Phi) is 13.3. The molecule has 0 aromatic carbocycles. The van der Waals surface area contributed by atoms with E-state index in [0.717, 1.165) is 0 Å². The number of hydrogen-bond donors (Lipinski definition) is 2. The zero-order valence-corrected chi connectivity index (χ0v) is 13.9. The summed E-state index contributed by atoms with van der Waals surface area (Å²) in [6.45, 7) is 8.67. The van der Waals surface area contributed by atoms with Crippen LogP contribution < -0.4 is 10.9 Å². The molecule has 0 heterocycles. The van der Waals surface area contributed by atoms with Crippen LogP contribution in [0.5, 0.6) is 0 Å². The summed E-state index contributed by atoms with van der Waals surface area (Å²) in [6.07, 6.45) is 0. The molecule has 2 N–H and O–H groups in total. The summed E-state index contributed by atoms with van der Waals surface area (Å²) in [7, 11) is 0. The van der Waals surface area contributed by atoms with E-state index >= 15 is 0 Å². The number of rotatable bonds is 5. The summed E-state index contributed by atoms with van der Waals surface area (Å²) < 4.78 is 0. The van der Waals surface area contributed by atoms with Gasteiger partial charge in [0.25, 0.3) is 0 Å². The second-order valence-electron chi connectivity index (χ2n) is 3.18. The van der Waals surface area contributed by atoms with E-state index in [1.807, 2.05) is 27.7 Å². The maximum absolute atomic E-state index is 4.92. The predicted octanol–water partition coefficient (Wildman–Crippen LogP) is 0.760. The minimum Gasteiger partial charge on any atom is -0.741 e. The molecule has 6 nitrogen and oxygen atoms in total. The second kappa shape index (κ2) is 12.3. The SMILES string of the molecule is CCN=C([S-])N/N=C(C)/C(C)=N/NC([S-])=NCC.[Cu+2]. The van der Waals surface area contributed by atoms with Crippen molar-refractivity contribution in [2.24, 2.45) is 20.2 Å². The molecule has 0 rings (SSSR count). The van der Waals surface area contributed by atoms with Crippen LogP contribution in [0.2, 0.25) is 0 Å². The third kappa shape index (κ3) is 10.8. The summed E-state index contributed by atoms with van der Waals surface area (Å²) in [6, 6.07) is 0. The predicted molar refractivity (Wildman–Crippen MR) is 83.2 cm³/mol. The molecule has 0 aromatic rings. The average Bonchev–Trinajstić information content (AvgIpc) is 2.33. The van der Waals surface area contributed by atoms with Crippen LogP contribution in [0.15, 0.2) is 20.2 Å². The van der Waals surface area contributed by atoms with Crippen LogP contribution in [0, 0.1) is 0 Å². The van der Waals surface area contributed by atoms with Crippen molar-refractivity contribution in [3.05, 3.63) is 0 Å². The fourth-order valence-electron chi connectivity index (χ4n) is 0.783. The van der Waals surface area contributed by atoms with Gasteiger partial charge < -0.3 is 25.3 Å². The van der Waals surface area contributed by atoms with Gasteiger partial charge in [-0.3, -0.25) is 20.8 Å². The maximum atomic E-state index is 4.92. The van der Waals surface area contributed by atoms with Crippen molar-refractivity contribution < 1.29 is 17.1 Å². The Labute approximate surface area is 136 Å². The fourth-order valence-corrected chi connectivity index (χ4v) is 1.13. The van der Waals surface area contributed by atoms with Crippen molar-refractivity contribution >= 4 is 47.0 Å². The standard InChI is InChI=1S/C10H20N6S2.Cu/c1-5-11-9(17)15-13-7(3)8(4)14-16-10(18)12-6-2;/h5-6H2,1-4H3,(H2,11,15,17)(H2,12,16,18);/q;+2/p-2/b13-7+,14-8+;. The molecule has 0 unspecified atom stereocenters. The average molecular weight is 350 g/mol. The number of nitrogens with one attached hydrogen (secondary N) is 2. The first-order chi connectivity index (χ1) is 8.51. The third-order valence-corrected chi connectivity index (χ3v) is 2.21. The molecule has 0 aliphatic rings. The van der Waals surface area contributed by atoms with Gasteiger partial charge in [-0.05, 0) is 38.0 Å². The minimum absolute atomic E-state index is 0. The maximum Gasteiger partial charge on any atom is 2.00 e. The van der Waals surface area contributed by atoms with Gasteiger partial charge in [0.2, 0.25) is 0 Å². The minimum atomic E-state index is 0. The molecular weight excluding hydrogens is 332 g/mol.